The van der Waals surface area contributed by atoms with Gasteiger partial charge < -0.3 is 10.4 Å². The molecule has 1 heterocycles. The molecular formula is C10H12BrNO3S. The summed E-state index contributed by atoms with van der Waals surface area (Å²) in [6, 6.07) is 6.99. The van der Waals surface area contributed by atoms with E-state index in [9.17, 15) is 13.5 Å². The van der Waals surface area contributed by atoms with Gasteiger partial charge in [0.25, 0.3) is 0 Å². The predicted molar refractivity (Wildman–Crippen MR) is 66.2 cm³/mol. The van der Waals surface area contributed by atoms with Crippen LogP contribution < -0.4 is 5.32 Å². The van der Waals surface area contributed by atoms with Crippen molar-refractivity contribution in [1.82, 2.24) is 0 Å². The average Bonchev–Trinajstić information content (AvgIpc) is 2.39. The van der Waals surface area contributed by atoms with E-state index >= 15 is 0 Å². The van der Waals surface area contributed by atoms with E-state index in [4.69, 9.17) is 0 Å². The van der Waals surface area contributed by atoms with Crippen LogP contribution in [0.15, 0.2) is 28.7 Å². The SMILES string of the molecule is O=S1(=O)C[C@H](O)[C@H](Nc2cccc(Br)c2)C1. The molecule has 0 saturated carbocycles. The lowest BCUT2D eigenvalue weighted by molar-refractivity contribution is 0.190. The second-order valence-corrected chi connectivity index (χ2v) is 6.97. The van der Waals surface area contributed by atoms with E-state index in [1.54, 1.807) is 0 Å². The molecule has 2 atom stereocenters. The molecule has 1 saturated heterocycles. The largest absolute Gasteiger partial charge is 0.390 e. The highest BCUT2D eigenvalue weighted by atomic mass is 79.9. The summed E-state index contributed by atoms with van der Waals surface area (Å²) in [6.07, 6.45) is -0.830. The quantitative estimate of drug-likeness (QED) is 0.856. The minimum atomic E-state index is -3.10. The van der Waals surface area contributed by atoms with Gasteiger partial charge in [0.15, 0.2) is 9.84 Å². The van der Waals surface area contributed by atoms with Crippen LogP contribution in [0.5, 0.6) is 0 Å². The standard InChI is InChI=1S/C10H12BrNO3S/c11-7-2-1-3-8(4-7)12-9-5-16(14,15)6-10(9)13/h1-4,9-10,12-13H,5-6H2/t9-,10+/m1/s1. The van der Waals surface area contributed by atoms with Gasteiger partial charge in [-0.25, -0.2) is 8.42 Å². The van der Waals surface area contributed by atoms with Gasteiger partial charge in [0.05, 0.1) is 23.7 Å². The van der Waals surface area contributed by atoms with Gasteiger partial charge in [-0.15, -0.1) is 0 Å². The number of aliphatic hydroxyl groups excluding tert-OH is 1. The molecule has 1 fully saturated rings. The number of rotatable bonds is 2. The van der Waals surface area contributed by atoms with E-state index in [-0.39, 0.29) is 11.5 Å². The molecule has 0 amide bonds. The zero-order chi connectivity index (χ0) is 11.8. The van der Waals surface area contributed by atoms with Crippen molar-refractivity contribution in [2.75, 3.05) is 16.8 Å². The van der Waals surface area contributed by atoms with Crippen molar-refractivity contribution >= 4 is 31.5 Å². The Morgan fingerprint density at radius 2 is 2.12 bits per heavy atom. The lowest BCUT2D eigenvalue weighted by Crippen LogP contribution is -2.31. The second-order valence-electron chi connectivity index (χ2n) is 3.91. The predicted octanol–water partition coefficient (Wildman–Crippen LogP) is 1.02. The van der Waals surface area contributed by atoms with Gasteiger partial charge in [-0.05, 0) is 18.2 Å². The number of hydrogen-bond donors (Lipinski definition) is 2. The monoisotopic (exact) mass is 305 g/mol. The van der Waals surface area contributed by atoms with E-state index in [2.05, 4.69) is 21.2 Å². The molecule has 1 aromatic rings. The zero-order valence-corrected chi connectivity index (χ0v) is 10.8. The number of anilines is 1. The van der Waals surface area contributed by atoms with Crippen molar-refractivity contribution < 1.29 is 13.5 Å². The summed E-state index contributed by atoms with van der Waals surface area (Å²) in [5.41, 5.74) is 0.801. The van der Waals surface area contributed by atoms with Gasteiger partial charge in [-0.1, -0.05) is 22.0 Å². The Morgan fingerprint density at radius 1 is 1.38 bits per heavy atom. The fourth-order valence-corrected chi connectivity index (χ4v) is 3.90. The Kier molecular flexibility index (Phi) is 3.23. The molecule has 0 aromatic heterocycles. The van der Waals surface area contributed by atoms with Crippen molar-refractivity contribution in [1.29, 1.82) is 0 Å². The van der Waals surface area contributed by atoms with Crippen LogP contribution in [0.3, 0.4) is 0 Å². The molecule has 0 unspecified atom stereocenters. The van der Waals surface area contributed by atoms with Crippen LogP contribution in [-0.4, -0.2) is 37.2 Å². The Bertz CT molecular complexity index is 489. The highest BCUT2D eigenvalue weighted by Gasteiger charge is 2.36. The van der Waals surface area contributed by atoms with Crippen molar-refractivity contribution in [3.05, 3.63) is 28.7 Å². The van der Waals surface area contributed by atoms with Crippen molar-refractivity contribution in [3.8, 4) is 0 Å². The molecule has 1 aliphatic rings. The first-order valence-electron chi connectivity index (χ1n) is 4.87. The molecule has 88 valence electrons. The van der Waals surface area contributed by atoms with Gasteiger partial charge in [0.1, 0.15) is 0 Å². The number of nitrogens with one attached hydrogen (secondary N) is 1. The average molecular weight is 306 g/mol. The van der Waals surface area contributed by atoms with Crippen LogP contribution >= 0.6 is 15.9 Å². The first-order valence-corrected chi connectivity index (χ1v) is 7.48. The zero-order valence-electron chi connectivity index (χ0n) is 8.43. The summed E-state index contributed by atoms with van der Waals surface area (Å²) in [4.78, 5) is 0. The first-order chi connectivity index (χ1) is 7.46. The maximum Gasteiger partial charge on any atom is 0.155 e. The van der Waals surface area contributed by atoms with Gasteiger partial charge in [0, 0.05) is 10.2 Å². The third kappa shape index (κ3) is 2.75. The maximum atomic E-state index is 11.3. The van der Waals surface area contributed by atoms with Gasteiger partial charge >= 0.3 is 0 Å². The fraction of sp³-hybridized carbons (Fsp3) is 0.400. The number of sulfone groups is 1. The Hall–Kier alpha value is -0.590. The van der Waals surface area contributed by atoms with Crippen molar-refractivity contribution in [3.63, 3.8) is 0 Å². The van der Waals surface area contributed by atoms with Crippen molar-refractivity contribution in [2.45, 2.75) is 12.1 Å². The molecule has 16 heavy (non-hydrogen) atoms. The highest BCUT2D eigenvalue weighted by Crippen LogP contribution is 2.20. The van der Waals surface area contributed by atoms with E-state index in [1.807, 2.05) is 24.3 Å². The van der Waals surface area contributed by atoms with Crippen LogP contribution in [0.1, 0.15) is 0 Å². The summed E-state index contributed by atoms with van der Waals surface area (Å²) in [5, 5.41) is 12.6. The molecular weight excluding hydrogens is 294 g/mol. The third-order valence-corrected chi connectivity index (χ3v) is 4.71. The lowest BCUT2D eigenvalue weighted by Gasteiger charge is -2.16. The topological polar surface area (TPSA) is 66.4 Å². The van der Waals surface area contributed by atoms with E-state index in [1.165, 1.54) is 0 Å². The molecule has 1 aromatic carbocycles. The summed E-state index contributed by atoms with van der Waals surface area (Å²) in [6.45, 7) is 0. The number of aliphatic hydroxyl groups is 1. The number of benzene rings is 1. The third-order valence-electron chi connectivity index (χ3n) is 2.50. The lowest BCUT2D eigenvalue weighted by atomic mass is 10.2. The molecule has 0 spiro atoms. The molecule has 6 heteroatoms. The van der Waals surface area contributed by atoms with Gasteiger partial charge in [-0.2, -0.15) is 0 Å². The van der Waals surface area contributed by atoms with Crippen molar-refractivity contribution in [2.24, 2.45) is 0 Å². The molecule has 4 nitrogen and oxygen atoms in total. The molecule has 0 aliphatic carbocycles. The van der Waals surface area contributed by atoms with Crippen LogP contribution in [0, 0.1) is 0 Å². The van der Waals surface area contributed by atoms with E-state index < -0.39 is 22.0 Å². The molecule has 0 radical (unpaired) electrons. The molecule has 2 N–H and O–H groups in total. The number of hydrogen-bond acceptors (Lipinski definition) is 4. The Labute approximate surface area is 103 Å². The minimum Gasteiger partial charge on any atom is -0.390 e. The van der Waals surface area contributed by atoms with E-state index in [0.717, 1.165) is 10.2 Å². The second kappa shape index (κ2) is 4.35. The minimum absolute atomic E-state index is 0.0132. The molecule has 1 aliphatic heterocycles. The van der Waals surface area contributed by atoms with Crippen LogP contribution in [0.2, 0.25) is 0 Å². The van der Waals surface area contributed by atoms with Gasteiger partial charge in [-0.3, -0.25) is 0 Å². The Morgan fingerprint density at radius 3 is 2.69 bits per heavy atom. The molecule has 0 bridgehead atoms. The van der Waals surface area contributed by atoms with Crippen LogP contribution in [0.4, 0.5) is 5.69 Å². The van der Waals surface area contributed by atoms with Crippen LogP contribution in [-0.2, 0) is 9.84 Å². The van der Waals surface area contributed by atoms with Crippen LogP contribution in [0.25, 0.3) is 0 Å². The summed E-state index contributed by atoms with van der Waals surface area (Å²) < 4.78 is 23.5. The first kappa shape index (κ1) is 11.9. The number of halogens is 1. The smallest absolute Gasteiger partial charge is 0.155 e. The van der Waals surface area contributed by atoms with E-state index in [0.29, 0.717) is 0 Å². The highest BCUT2D eigenvalue weighted by molar-refractivity contribution is 9.10. The summed E-state index contributed by atoms with van der Waals surface area (Å²) in [7, 11) is -3.10. The summed E-state index contributed by atoms with van der Waals surface area (Å²) in [5.74, 6) is -0.167. The van der Waals surface area contributed by atoms with Gasteiger partial charge in [0.2, 0.25) is 0 Å². The Balaban J connectivity index is 2.11. The normalized spacial score (nSPS) is 27.9. The maximum absolute atomic E-state index is 11.3. The fourth-order valence-electron chi connectivity index (χ4n) is 1.76. The summed E-state index contributed by atoms with van der Waals surface area (Å²) >= 11 is 3.33. The molecule has 2 rings (SSSR count).